The Morgan fingerprint density at radius 1 is 1.24 bits per heavy atom. The molecule has 2 saturated heterocycles. The van der Waals surface area contributed by atoms with E-state index in [1.54, 1.807) is 0 Å². The van der Waals surface area contributed by atoms with Crippen LogP contribution >= 0.6 is 0 Å². The maximum absolute atomic E-state index is 12.0. The fourth-order valence-corrected chi connectivity index (χ4v) is 4.84. The average Bonchev–Trinajstić information content (AvgIpc) is 2.77. The normalized spacial score (nSPS) is 26.8. The fourth-order valence-electron chi connectivity index (χ4n) is 3.17. The Bertz CT molecular complexity index is 444. The van der Waals surface area contributed by atoms with Gasteiger partial charge in [-0.1, -0.05) is 0 Å². The summed E-state index contributed by atoms with van der Waals surface area (Å²) in [4.78, 5) is 14.1. The smallest absolute Gasteiger partial charge is 0.234 e. The maximum atomic E-state index is 12.0. The van der Waals surface area contributed by atoms with Crippen molar-refractivity contribution in [3.63, 3.8) is 0 Å². The van der Waals surface area contributed by atoms with Crippen molar-refractivity contribution in [3.8, 4) is 0 Å². The highest BCUT2D eigenvalue weighted by Gasteiger charge is 2.29. The molecular weight excluding hydrogens is 290 g/mol. The van der Waals surface area contributed by atoms with Crippen LogP contribution in [0.4, 0.5) is 0 Å². The topological polar surface area (TPSA) is 78.5 Å². The van der Waals surface area contributed by atoms with Gasteiger partial charge in [0.1, 0.15) is 0 Å². The highest BCUT2D eigenvalue weighted by Crippen LogP contribution is 2.19. The lowest BCUT2D eigenvalue weighted by molar-refractivity contribution is -0.123. The molecule has 1 amide bonds. The lowest BCUT2D eigenvalue weighted by Crippen LogP contribution is -2.45. The van der Waals surface area contributed by atoms with E-state index in [1.807, 2.05) is 7.05 Å². The van der Waals surface area contributed by atoms with Gasteiger partial charge in [-0.25, -0.2) is 8.42 Å². The second-order valence-electron chi connectivity index (χ2n) is 6.28. The number of rotatable bonds is 6. The molecule has 0 aliphatic carbocycles. The van der Waals surface area contributed by atoms with Crippen molar-refractivity contribution in [2.75, 3.05) is 44.7 Å². The number of amides is 1. The molecule has 122 valence electrons. The van der Waals surface area contributed by atoms with Crippen LogP contribution in [-0.2, 0) is 14.6 Å². The van der Waals surface area contributed by atoms with Crippen molar-refractivity contribution in [2.24, 2.45) is 5.92 Å². The van der Waals surface area contributed by atoms with E-state index in [0.717, 1.165) is 38.4 Å². The summed E-state index contributed by atoms with van der Waals surface area (Å²) in [6.07, 6.45) is 4.05. The van der Waals surface area contributed by atoms with Gasteiger partial charge in [0.25, 0.3) is 0 Å². The van der Waals surface area contributed by atoms with E-state index in [9.17, 15) is 13.2 Å². The summed E-state index contributed by atoms with van der Waals surface area (Å²) in [7, 11) is -0.950. The summed E-state index contributed by atoms with van der Waals surface area (Å²) < 4.78 is 22.7. The molecule has 6 nitrogen and oxygen atoms in total. The summed E-state index contributed by atoms with van der Waals surface area (Å²) in [5, 5.41) is 6.04. The van der Waals surface area contributed by atoms with Crippen LogP contribution in [0.5, 0.6) is 0 Å². The molecule has 0 spiro atoms. The number of carbonyl (C=O) groups excluding carboxylic acids is 1. The van der Waals surface area contributed by atoms with Crippen molar-refractivity contribution < 1.29 is 13.2 Å². The largest absolute Gasteiger partial charge is 0.351 e. The Balaban J connectivity index is 1.65. The van der Waals surface area contributed by atoms with Gasteiger partial charge in [0.2, 0.25) is 5.91 Å². The number of likely N-dealkylation sites (tertiary alicyclic amines) is 1. The zero-order valence-corrected chi connectivity index (χ0v) is 13.6. The van der Waals surface area contributed by atoms with Crippen molar-refractivity contribution in [3.05, 3.63) is 0 Å². The molecule has 0 radical (unpaired) electrons. The molecule has 0 bridgehead atoms. The monoisotopic (exact) mass is 317 g/mol. The van der Waals surface area contributed by atoms with Crippen molar-refractivity contribution in [1.29, 1.82) is 0 Å². The first-order valence-corrected chi connectivity index (χ1v) is 9.67. The van der Waals surface area contributed by atoms with Gasteiger partial charge < -0.3 is 10.6 Å². The first-order valence-electron chi connectivity index (χ1n) is 7.85. The molecule has 0 saturated carbocycles. The van der Waals surface area contributed by atoms with Crippen LogP contribution in [0.3, 0.4) is 0 Å². The molecular formula is C14H27N3O3S. The second-order valence-corrected chi connectivity index (χ2v) is 8.51. The Kier molecular flexibility index (Phi) is 6.01. The van der Waals surface area contributed by atoms with Crippen LogP contribution in [0, 0.1) is 5.92 Å². The number of sulfone groups is 1. The number of carbonyl (C=O) groups is 1. The van der Waals surface area contributed by atoms with Crippen LogP contribution in [0.25, 0.3) is 0 Å². The van der Waals surface area contributed by atoms with E-state index >= 15 is 0 Å². The van der Waals surface area contributed by atoms with Gasteiger partial charge in [-0.2, -0.15) is 0 Å². The quantitative estimate of drug-likeness (QED) is 0.698. The van der Waals surface area contributed by atoms with Gasteiger partial charge in [0.05, 0.1) is 18.1 Å². The molecule has 0 aromatic heterocycles. The minimum Gasteiger partial charge on any atom is -0.351 e. The highest BCUT2D eigenvalue weighted by atomic mass is 32.2. The van der Waals surface area contributed by atoms with Crippen LogP contribution in [0.15, 0.2) is 0 Å². The number of nitrogens with zero attached hydrogens (tertiary/aromatic N) is 1. The van der Waals surface area contributed by atoms with Crippen molar-refractivity contribution in [1.82, 2.24) is 15.5 Å². The number of piperidine rings is 1. The number of hydrogen-bond acceptors (Lipinski definition) is 5. The first-order chi connectivity index (χ1) is 9.98. The Hall–Kier alpha value is -0.660. The van der Waals surface area contributed by atoms with Crippen molar-refractivity contribution in [2.45, 2.75) is 31.7 Å². The van der Waals surface area contributed by atoms with Gasteiger partial charge in [-0.05, 0) is 58.3 Å². The third-order valence-corrected chi connectivity index (χ3v) is 6.24. The van der Waals surface area contributed by atoms with E-state index in [2.05, 4.69) is 15.5 Å². The van der Waals surface area contributed by atoms with Gasteiger partial charge >= 0.3 is 0 Å². The van der Waals surface area contributed by atoms with E-state index < -0.39 is 9.84 Å². The minimum absolute atomic E-state index is 0.0363. The SMILES string of the molecule is CNCCC1CCN(CC(=O)NC2CCS(=O)(=O)C2)CC1. The van der Waals surface area contributed by atoms with Gasteiger partial charge in [0.15, 0.2) is 9.84 Å². The fraction of sp³-hybridized carbons (Fsp3) is 0.929. The minimum atomic E-state index is -2.92. The Morgan fingerprint density at radius 3 is 2.52 bits per heavy atom. The molecule has 1 unspecified atom stereocenters. The molecule has 21 heavy (non-hydrogen) atoms. The number of hydrogen-bond donors (Lipinski definition) is 2. The average molecular weight is 317 g/mol. The molecule has 2 aliphatic rings. The number of nitrogens with one attached hydrogen (secondary N) is 2. The van der Waals surface area contributed by atoms with Crippen LogP contribution < -0.4 is 10.6 Å². The third kappa shape index (κ3) is 5.56. The summed E-state index contributed by atoms with van der Waals surface area (Å²) in [6.45, 7) is 3.38. The van der Waals surface area contributed by atoms with E-state index in [0.29, 0.717) is 13.0 Å². The maximum Gasteiger partial charge on any atom is 0.234 e. The van der Waals surface area contributed by atoms with Gasteiger partial charge in [-0.3, -0.25) is 9.69 Å². The molecule has 2 fully saturated rings. The van der Waals surface area contributed by atoms with Crippen LogP contribution in [0.2, 0.25) is 0 Å². The van der Waals surface area contributed by atoms with Gasteiger partial charge in [0, 0.05) is 6.04 Å². The molecule has 2 aliphatic heterocycles. The highest BCUT2D eigenvalue weighted by molar-refractivity contribution is 7.91. The first kappa shape index (κ1) is 16.7. The molecule has 7 heteroatoms. The van der Waals surface area contributed by atoms with E-state index in [4.69, 9.17) is 0 Å². The molecule has 2 N–H and O–H groups in total. The lowest BCUT2D eigenvalue weighted by Gasteiger charge is -2.31. The standard InChI is InChI=1S/C14H27N3O3S/c1-15-6-2-12-3-7-17(8-4-12)10-14(18)16-13-5-9-21(19,20)11-13/h12-13,15H,2-11H2,1H3,(H,16,18). The summed E-state index contributed by atoms with van der Waals surface area (Å²) in [5.41, 5.74) is 0. The molecule has 0 aromatic carbocycles. The zero-order valence-electron chi connectivity index (χ0n) is 12.8. The molecule has 2 rings (SSSR count). The molecule has 0 aromatic rings. The second kappa shape index (κ2) is 7.56. The zero-order chi connectivity index (χ0) is 15.3. The lowest BCUT2D eigenvalue weighted by atomic mass is 9.93. The van der Waals surface area contributed by atoms with Crippen molar-refractivity contribution >= 4 is 15.7 Å². The molecule has 1 atom stereocenters. The summed E-state index contributed by atoms with van der Waals surface area (Å²) in [5.74, 6) is 1.03. The van der Waals surface area contributed by atoms with Crippen LogP contribution in [-0.4, -0.2) is 70.0 Å². The Labute approximate surface area is 127 Å². The predicted molar refractivity (Wildman–Crippen MR) is 82.9 cm³/mol. The summed E-state index contributed by atoms with van der Waals surface area (Å²) >= 11 is 0. The van der Waals surface area contributed by atoms with E-state index in [1.165, 1.54) is 6.42 Å². The molecule has 2 heterocycles. The van der Waals surface area contributed by atoms with E-state index in [-0.39, 0.29) is 23.5 Å². The third-order valence-electron chi connectivity index (χ3n) is 4.47. The summed E-state index contributed by atoms with van der Waals surface area (Å²) in [6, 6.07) is -0.185. The van der Waals surface area contributed by atoms with Crippen LogP contribution in [0.1, 0.15) is 25.7 Å². The van der Waals surface area contributed by atoms with Gasteiger partial charge in [-0.15, -0.1) is 0 Å². The predicted octanol–water partition coefficient (Wildman–Crippen LogP) is -0.389. The Morgan fingerprint density at radius 2 is 1.95 bits per heavy atom.